The highest BCUT2D eigenvalue weighted by Gasteiger charge is 2.28. The lowest BCUT2D eigenvalue weighted by Crippen LogP contribution is -2.13. The average Bonchev–Trinajstić information content (AvgIpc) is 2.67. The molecule has 92 valence electrons. The minimum Gasteiger partial charge on any atom is -0.439 e. The second-order valence-corrected chi connectivity index (χ2v) is 3.77. The van der Waals surface area contributed by atoms with Crippen molar-refractivity contribution in [1.29, 1.82) is 0 Å². The fourth-order valence-corrected chi connectivity index (χ4v) is 1.72. The Kier molecular flexibility index (Phi) is 3.33. The number of hydrogen-bond acceptors (Lipinski definition) is 3. The van der Waals surface area contributed by atoms with Crippen LogP contribution in [0.5, 0.6) is 5.75 Å². The first kappa shape index (κ1) is 11.9. The molecule has 2 rings (SSSR count). The molecule has 7 heteroatoms. The number of benzene rings is 1. The number of carbonyl (C=O) groups is 1. The van der Waals surface area contributed by atoms with E-state index in [-0.39, 0.29) is 12.3 Å². The third-order valence-electron chi connectivity index (χ3n) is 2.22. The van der Waals surface area contributed by atoms with E-state index in [1.165, 1.54) is 18.2 Å². The van der Waals surface area contributed by atoms with Crippen LogP contribution in [0.2, 0.25) is 5.02 Å². The summed E-state index contributed by atoms with van der Waals surface area (Å²) < 4.78 is 33.6. The molecule has 1 aliphatic rings. The maximum atomic E-state index is 12.2. The van der Waals surface area contributed by atoms with Crippen molar-refractivity contribution in [2.45, 2.75) is 12.7 Å². The molecule has 1 N–H and O–H groups in total. The normalized spacial score (nSPS) is 19.1. The smallest absolute Gasteiger partial charge is 0.407 e. The van der Waals surface area contributed by atoms with Crippen LogP contribution in [0.25, 0.3) is 0 Å². The van der Waals surface area contributed by atoms with Gasteiger partial charge in [-0.15, -0.1) is 0 Å². The Morgan fingerprint density at radius 3 is 2.88 bits per heavy atom. The summed E-state index contributed by atoms with van der Waals surface area (Å²) in [6.45, 7) is -2.75. The number of hydrogen-bond donors (Lipinski definition) is 1. The summed E-state index contributed by atoms with van der Waals surface area (Å²) in [7, 11) is 0. The Bertz CT molecular complexity index is 442. The van der Waals surface area contributed by atoms with Gasteiger partial charge < -0.3 is 14.8 Å². The first-order chi connectivity index (χ1) is 8.06. The molecule has 1 amide bonds. The van der Waals surface area contributed by atoms with E-state index in [2.05, 4.69) is 10.1 Å². The lowest BCUT2D eigenvalue weighted by molar-refractivity contribution is -0.0513. The van der Waals surface area contributed by atoms with Gasteiger partial charge in [-0.2, -0.15) is 8.78 Å². The topological polar surface area (TPSA) is 47.6 Å². The fraction of sp³-hybridized carbons (Fsp3) is 0.300. The van der Waals surface area contributed by atoms with Crippen LogP contribution in [-0.2, 0) is 4.74 Å². The highest BCUT2D eigenvalue weighted by molar-refractivity contribution is 6.30. The average molecular weight is 264 g/mol. The van der Waals surface area contributed by atoms with E-state index in [1.54, 1.807) is 0 Å². The summed E-state index contributed by atoms with van der Waals surface area (Å²) in [4.78, 5) is 10.9. The van der Waals surface area contributed by atoms with Gasteiger partial charge in [0.2, 0.25) is 0 Å². The molecule has 1 heterocycles. The van der Waals surface area contributed by atoms with Crippen molar-refractivity contribution < 1.29 is 23.0 Å². The summed E-state index contributed by atoms with van der Waals surface area (Å²) in [5.74, 6) is -0.0501. The van der Waals surface area contributed by atoms with Crippen molar-refractivity contribution in [2.24, 2.45) is 0 Å². The highest BCUT2D eigenvalue weighted by Crippen LogP contribution is 2.32. The molecule has 0 spiro atoms. The van der Waals surface area contributed by atoms with Crippen LogP contribution in [-0.4, -0.2) is 19.2 Å². The van der Waals surface area contributed by atoms with Gasteiger partial charge in [0.25, 0.3) is 0 Å². The molecule has 1 aromatic carbocycles. The summed E-state index contributed by atoms with van der Waals surface area (Å²) in [6.07, 6.45) is -1.27. The lowest BCUT2D eigenvalue weighted by atomic mass is 10.1. The first-order valence-electron chi connectivity index (χ1n) is 4.75. The molecule has 1 atom stereocenters. The van der Waals surface area contributed by atoms with Crippen molar-refractivity contribution in [2.75, 3.05) is 6.54 Å². The third-order valence-corrected chi connectivity index (χ3v) is 2.45. The van der Waals surface area contributed by atoms with Crippen LogP contribution >= 0.6 is 11.6 Å². The monoisotopic (exact) mass is 263 g/mol. The molecule has 0 saturated carbocycles. The van der Waals surface area contributed by atoms with Gasteiger partial charge in [-0.05, 0) is 18.2 Å². The number of nitrogens with one attached hydrogen (secondary N) is 1. The van der Waals surface area contributed by atoms with Crippen LogP contribution < -0.4 is 10.1 Å². The Morgan fingerprint density at radius 2 is 2.29 bits per heavy atom. The van der Waals surface area contributed by atoms with Crippen molar-refractivity contribution in [3.05, 3.63) is 28.8 Å². The predicted octanol–water partition coefficient (Wildman–Crippen LogP) is 2.72. The van der Waals surface area contributed by atoms with Crippen LogP contribution in [0.4, 0.5) is 13.6 Å². The van der Waals surface area contributed by atoms with Gasteiger partial charge in [0, 0.05) is 10.6 Å². The Labute approximate surface area is 100 Å². The summed E-state index contributed by atoms with van der Waals surface area (Å²) >= 11 is 5.76. The Morgan fingerprint density at radius 1 is 1.53 bits per heavy atom. The molecule has 17 heavy (non-hydrogen) atoms. The molecule has 1 unspecified atom stereocenters. The zero-order chi connectivity index (χ0) is 12.4. The highest BCUT2D eigenvalue weighted by atomic mass is 35.5. The quantitative estimate of drug-likeness (QED) is 0.912. The number of cyclic esters (lactones) is 1. The van der Waals surface area contributed by atoms with E-state index in [0.29, 0.717) is 10.6 Å². The maximum absolute atomic E-state index is 12.2. The van der Waals surface area contributed by atoms with E-state index in [1.807, 2.05) is 0 Å². The zero-order valence-electron chi connectivity index (χ0n) is 8.45. The first-order valence-corrected chi connectivity index (χ1v) is 5.13. The predicted molar refractivity (Wildman–Crippen MR) is 55.3 cm³/mol. The molecule has 0 bridgehead atoms. The van der Waals surface area contributed by atoms with Crippen LogP contribution in [0, 0.1) is 0 Å². The van der Waals surface area contributed by atoms with Crippen LogP contribution in [0.15, 0.2) is 18.2 Å². The fourth-order valence-electron chi connectivity index (χ4n) is 1.54. The van der Waals surface area contributed by atoms with Gasteiger partial charge in [-0.3, -0.25) is 0 Å². The molecular weight excluding hydrogens is 256 g/mol. The molecule has 1 aromatic rings. The van der Waals surface area contributed by atoms with E-state index >= 15 is 0 Å². The Hall–Kier alpha value is -1.56. The van der Waals surface area contributed by atoms with E-state index < -0.39 is 18.8 Å². The van der Waals surface area contributed by atoms with Crippen LogP contribution in [0.1, 0.15) is 11.7 Å². The van der Waals surface area contributed by atoms with Crippen molar-refractivity contribution >= 4 is 17.7 Å². The van der Waals surface area contributed by atoms with E-state index in [9.17, 15) is 13.6 Å². The number of alkyl halides is 2. The number of halogens is 3. The number of alkyl carbamates (subject to hydrolysis) is 1. The number of ether oxygens (including phenoxy) is 2. The van der Waals surface area contributed by atoms with Gasteiger partial charge in [0.15, 0.2) is 0 Å². The van der Waals surface area contributed by atoms with Crippen LogP contribution in [0.3, 0.4) is 0 Å². The van der Waals surface area contributed by atoms with Gasteiger partial charge >= 0.3 is 12.7 Å². The lowest BCUT2D eigenvalue weighted by Gasteiger charge is -2.14. The number of carbonyl (C=O) groups excluding carboxylic acids is 1. The molecular formula is C10H8ClF2NO3. The van der Waals surface area contributed by atoms with Gasteiger partial charge in [0.05, 0.1) is 6.54 Å². The third kappa shape index (κ3) is 2.76. The van der Waals surface area contributed by atoms with Gasteiger partial charge in [-0.25, -0.2) is 4.79 Å². The minimum absolute atomic E-state index is 0.0501. The molecule has 0 aromatic heterocycles. The number of rotatable bonds is 3. The zero-order valence-corrected chi connectivity index (χ0v) is 9.21. The SMILES string of the molecule is O=C1NCC(c2cc(Cl)ccc2OC(F)F)O1. The standard InChI is InChI=1S/C10H8ClF2NO3/c11-5-1-2-7(16-9(12)13)6(3-5)8-4-14-10(15)17-8/h1-3,8-9H,4H2,(H,14,15). The maximum Gasteiger partial charge on any atom is 0.407 e. The molecule has 1 aliphatic heterocycles. The van der Waals surface area contributed by atoms with E-state index in [0.717, 1.165) is 0 Å². The van der Waals surface area contributed by atoms with Gasteiger partial charge in [0.1, 0.15) is 11.9 Å². The largest absolute Gasteiger partial charge is 0.439 e. The Balaban J connectivity index is 2.29. The van der Waals surface area contributed by atoms with Crippen molar-refractivity contribution in [3.63, 3.8) is 0 Å². The van der Waals surface area contributed by atoms with E-state index in [4.69, 9.17) is 16.3 Å². The second-order valence-electron chi connectivity index (χ2n) is 3.34. The molecule has 4 nitrogen and oxygen atoms in total. The van der Waals surface area contributed by atoms with Crippen molar-refractivity contribution in [1.82, 2.24) is 5.32 Å². The van der Waals surface area contributed by atoms with Crippen molar-refractivity contribution in [3.8, 4) is 5.75 Å². The molecule has 1 saturated heterocycles. The van der Waals surface area contributed by atoms with Gasteiger partial charge in [-0.1, -0.05) is 11.6 Å². The molecule has 0 radical (unpaired) electrons. The molecule has 0 aliphatic carbocycles. The summed E-state index contributed by atoms with van der Waals surface area (Å²) in [5, 5.41) is 2.77. The summed E-state index contributed by atoms with van der Waals surface area (Å²) in [6, 6.07) is 4.17. The molecule has 1 fully saturated rings. The second kappa shape index (κ2) is 4.75. The summed E-state index contributed by atoms with van der Waals surface area (Å²) in [5.41, 5.74) is 0.316. The number of amides is 1. The minimum atomic E-state index is -2.94.